The molecule has 2 aromatic carbocycles. The minimum atomic E-state index is -0.665. The Kier molecular flexibility index (Phi) is 5.32. The fourth-order valence-electron chi connectivity index (χ4n) is 4.08. The molecule has 0 atom stereocenters. The number of hydrogen-bond donors (Lipinski definition) is 0. The number of amides is 4. The van der Waals surface area contributed by atoms with Crippen molar-refractivity contribution in [2.45, 2.75) is 26.3 Å². The Hall–Kier alpha value is -3.55. The Morgan fingerprint density at radius 3 is 1.84 bits per heavy atom. The number of carbonyl (C=O) groups excluding carboxylic acids is 4. The maximum Gasteiger partial charge on any atom is 0.262 e. The Balaban J connectivity index is 1.46. The van der Waals surface area contributed by atoms with Crippen molar-refractivity contribution in [2.75, 3.05) is 26.2 Å². The number of carbonyl (C=O) groups is 4. The Labute approximate surface area is 185 Å². The van der Waals surface area contributed by atoms with E-state index in [0.717, 1.165) is 0 Å². The second kappa shape index (κ2) is 7.85. The summed E-state index contributed by atoms with van der Waals surface area (Å²) < 4.78 is 13.4. The van der Waals surface area contributed by atoms with Gasteiger partial charge in [0.25, 0.3) is 23.6 Å². The third-order valence-corrected chi connectivity index (χ3v) is 5.73. The van der Waals surface area contributed by atoms with Gasteiger partial charge in [-0.1, -0.05) is 6.07 Å². The van der Waals surface area contributed by atoms with Gasteiger partial charge < -0.3 is 9.80 Å². The van der Waals surface area contributed by atoms with Crippen LogP contribution in [-0.2, 0) is 0 Å². The molecule has 2 heterocycles. The van der Waals surface area contributed by atoms with E-state index in [-0.39, 0.29) is 28.8 Å². The van der Waals surface area contributed by atoms with Crippen LogP contribution in [0.15, 0.2) is 42.5 Å². The highest BCUT2D eigenvalue weighted by Gasteiger charge is 2.42. The highest BCUT2D eigenvalue weighted by molar-refractivity contribution is 6.22. The molecular weight excluding hydrogens is 413 g/mol. The zero-order valence-corrected chi connectivity index (χ0v) is 18.2. The maximum absolute atomic E-state index is 13.4. The van der Waals surface area contributed by atoms with Gasteiger partial charge in [-0.2, -0.15) is 0 Å². The maximum atomic E-state index is 13.4. The summed E-state index contributed by atoms with van der Waals surface area (Å²) in [5.74, 6) is -1.78. The molecule has 2 aliphatic rings. The average Bonchev–Trinajstić information content (AvgIpc) is 3.02. The van der Waals surface area contributed by atoms with Gasteiger partial charge in [-0.15, -0.1) is 0 Å². The number of imide groups is 1. The fourth-order valence-corrected chi connectivity index (χ4v) is 4.08. The van der Waals surface area contributed by atoms with Crippen molar-refractivity contribution >= 4 is 23.6 Å². The van der Waals surface area contributed by atoms with Gasteiger partial charge in [0.15, 0.2) is 0 Å². The molecule has 1 fully saturated rings. The van der Waals surface area contributed by atoms with Crippen molar-refractivity contribution in [1.29, 1.82) is 0 Å². The predicted molar refractivity (Wildman–Crippen MR) is 115 cm³/mol. The first-order valence-electron chi connectivity index (χ1n) is 10.4. The van der Waals surface area contributed by atoms with E-state index in [1.54, 1.807) is 42.7 Å². The van der Waals surface area contributed by atoms with E-state index in [2.05, 4.69) is 0 Å². The van der Waals surface area contributed by atoms with Gasteiger partial charge >= 0.3 is 0 Å². The van der Waals surface area contributed by atoms with Crippen LogP contribution in [0.4, 0.5) is 4.39 Å². The van der Waals surface area contributed by atoms with Crippen molar-refractivity contribution in [3.8, 4) is 0 Å². The Morgan fingerprint density at radius 1 is 0.781 bits per heavy atom. The number of rotatable bonds is 2. The molecule has 166 valence electrons. The zero-order chi connectivity index (χ0) is 23.2. The van der Waals surface area contributed by atoms with Crippen molar-refractivity contribution in [3.05, 3.63) is 70.5 Å². The van der Waals surface area contributed by atoms with Gasteiger partial charge in [0.05, 0.1) is 11.1 Å². The number of fused-ring (bicyclic) bond motifs is 1. The summed E-state index contributed by atoms with van der Waals surface area (Å²) in [7, 11) is 0. The van der Waals surface area contributed by atoms with Crippen LogP contribution in [0.2, 0.25) is 0 Å². The molecule has 0 N–H and O–H groups in total. The van der Waals surface area contributed by atoms with Crippen molar-refractivity contribution in [1.82, 2.24) is 14.7 Å². The molecular formula is C24H24FN3O4. The van der Waals surface area contributed by atoms with Gasteiger partial charge in [-0.3, -0.25) is 24.1 Å². The molecule has 8 heteroatoms. The lowest BCUT2D eigenvalue weighted by molar-refractivity contribution is 0.0507. The number of hydrogen-bond acceptors (Lipinski definition) is 4. The molecule has 0 aromatic heterocycles. The van der Waals surface area contributed by atoms with E-state index in [0.29, 0.717) is 37.3 Å². The number of nitrogens with zero attached hydrogens (tertiary/aromatic N) is 3. The van der Waals surface area contributed by atoms with Crippen molar-refractivity contribution in [2.24, 2.45) is 0 Å². The molecule has 32 heavy (non-hydrogen) atoms. The number of piperazine rings is 1. The van der Waals surface area contributed by atoms with Crippen molar-refractivity contribution < 1.29 is 23.6 Å². The molecule has 2 aromatic rings. The quantitative estimate of drug-likeness (QED) is 0.677. The zero-order valence-electron chi connectivity index (χ0n) is 18.2. The van der Waals surface area contributed by atoms with E-state index in [4.69, 9.17) is 0 Å². The first kappa shape index (κ1) is 21.7. The molecule has 0 bridgehead atoms. The van der Waals surface area contributed by atoms with Gasteiger partial charge in [-0.25, -0.2) is 4.39 Å². The van der Waals surface area contributed by atoms with E-state index in [9.17, 15) is 23.6 Å². The second-order valence-electron chi connectivity index (χ2n) is 8.97. The third kappa shape index (κ3) is 3.77. The van der Waals surface area contributed by atoms with Crippen LogP contribution in [0.25, 0.3) is 0 Å². The summed E-state index contributed by atoms with van der Waals surface area (Å²) in [6.07, 6.45) is 0. The lowest BCUT2D eigenvalue weighted by Crippen LogP contribution is -2.50. The van der Waals surface area contributed by atoms with E-state index in [1.165, 1.54) is 35.2 Å². The van der Waals surface area contributed by atoms with Gasteiger partial charge in [-0.05, 0) is 57.2 Å². The van der Waals surface area contributed by atoms with Gasteiger partial charge in [0, 0.05) is 42.8 Å². The summed E-state index contributed by atoms with van der Waals surface area (Å²) in [6, 6.07) is 10.1. The van der Waals surface area contributed by atoms with Crippen LogP contribution in [0.3, 0.4) is 0 Å². The molecule has 0 spiro atoms. The summed E-state index contributed by atoms with van der Waals surface area (Å²) >= 11 is 0. The molecule has 0 aliphatic carbocycles. The normalized spacial score (nSPS) is 16.4. The molecule has 4 amide bonds. The molecule has 2 aliphatic heterocycles. The van der Waals surface area contributed by atoms with Crippen LogP contribution >= 0.6 is 0 Å². The van der Waals surface area contributed by atoms with Crippen LogP contribution in [0.1, 0.15) is 62.2 Å². The first-order chi connectivity index (χ1) is 15.1. The molecule has 0 unspecified atom stereocenters. The van der Waals surface area contributed by atoms with Crippen LogP contribution in [0, 0.1) is 5.82 Å². The smallest absolute Gasteiger partial charge is 0.262 e. The van der Waals surface area contributed by atoms with Gasteiger partial charge in [0.1, 0.15) is 5.82 Å². The van der Waals surface area contributed by atoms with Crippen LogP contribution in [0.5, 0.6) is 0 Å². The average molecular weight is 437 g/mol. The third-order valence-electron chi connectivity index (χ3n) is 5.73. The summed E-state index contributed by atoms with van der Waals surface area (Å²) in [5, 5.41) is 0. The fraction of sp³-hybridized carbons (Fsp3) is 0.333. The van der Waals surface area contributed by atoms with Crippen molar-refractivity contribution in [3.63, 3.8) is 0 Å². The Morgan fingerprint density at radius 2 is 1.31 bits per heavy atom. The highest BCUT2D eigenvalue weighted by Crippen LogP contribution is 2.30. The Bertz CT molecular complexity index is 1130. The first-order valence-corrected chi connectivity index (χ1v) is 10.4. The minimum absolute atomic E-state index is 0.232. The van der Waals surface area contributed by atoms with Crippen LogP contribution < -0.4 is 0 Å². The van der Waals surface area contributed by atoms with Crippen LogP contribution in [-0.4, -0.2) is 70.0 Å². The standard InChI is InChI=1S/C24H24FN3O4/c1-24(2,3)28-22(31)18-8-7-16(14-19(18)23(28)32)21(30)27-11-9-26(10-12-27)20(29)15-5-4-6-17(25)13-15/h4-8,13-14H,9-12H2,1-3H3. The largest absolute Gasteiger partial charge is 0.335 e. The lowest BCUT2D eigenvalue weighted by atomic mass is 10.0. The highest BCUT2D eigenvalue weighted by atomic mass is 19.1. The van der Waals surface area contributed by atoms with E-state index in [1.807, 2.05) is 0 Å². The number of benzene rings is 2. The monoisotopic (exact) mass is 437 g/mol. The molecule has 7 nitrogen and oxygen atoms in total. The summed E-state index contributed by atoms with van der Waals surface area (Å²) in [6.45, 7) is 6.63. The lowest BCUT2D eigenvalue weighted by Gasteiger charge is -2.35. The minimum Gasteiger partial charge on any atom is -0.335 e. The SMILES string of the molecule is CC(C)(C)N1C(=O)c2ccc(C(=O)N3CCN(C(=O)c4cccc(F)c4)CC3)cc2C1=O. The molecule has 0 radical (unpaired) electrons. The topological polar surface area (TPSA) is 78.0 Å². The predicted octanol–water partition coefficient (Wildman–Crippen LogP) is 2.82. The number of halogens is 1. The second-order valence-corrected chi connectivity index (χ2v) is 8.97. The molecule has 1 saturated heterocycles. The summed E-state index contributed by atoms with van der Waals surface area (Å²) in [4.78, 5) is 55.4. The molecule has 0 saturated carbocycles. The van der Waals surface area contributed by atoms with E-state index >= 15 is 0 Å². The molecule has 4 rings (SSSR count). The summed E-state index contributed by atoms with van der Waals surface area (Å²) in [5.41, 5.74) is 0.463. The van der Waals surface area contributed by atoms with E-state index < -0.39 is 17.3 Å². The van der Waals surface area contributed by atoms with Gasteiger partial charge in [0.2, 0.25) is 0 Å².